The number of primary amides is 1. The molecule has 0 saturated heterocycles. The summed E-state index contributed by atoms with van der Waals surface area (Å²) in [7, 11) is 0. The molecule has 0 aliphatic heterocycles. The number of nitrogens with one attached hydrogen (secondary N) is 1. The Labute approximate surface area is 74.9 Å². The molecule has 0 fully saturated rings. The van der Waals surface area contributed by atoms with Gasteiger partial charge in [-0.25, -0.2) is 4.98 Å². The Balaban J connectivity index is 2.07. The average Bonchev–Trinajstić information content (AvgIpc) is 2.49. The van der Waals surface area contributed by atoms with Gasteiger partial charge in [0.15, 0.2) is 5.16 Å². The summed E-state index contributed by atoms with van der Waals surface area (Å²) in [6.07, 6.45) is 4.74. The summed E-state index contributed by atoms with van der Waals surface area (Å²) in [5.41, 5.74) is 4.98. The Morgan fingerprint density at radius 3 is 3.17 bits per heavy atom. The molecular weight excluding hydrogens is 174 g/mol. The Kier molecular flexibility index (Phi) is 3.66. The van der Waals surface area contributed by atoms with Crippen molar-refractivity contribution in [2.24, 2.45) is 5.73 Å². The first-order chi connectivity index (χ1) is 5.79. The molecule has 0 bridgehead atoms. The number of carbonyl (C=O) groups is 1. The molecule has 1 rings (SSSR count). The zero-order valence-corrected chi connectivity index (χ0v) is 7.43. The van der Waals surface area contributed by atoms with Gasteiger partial charge in [0.05, 0.1) is 0 Å². The Bertz CT molecular complexity index is 235. The highest BCUT2D eigenvalue weighted by Crippen LogP contribution is 2.13. The van der Waals surface area contributed by atoms with Crippen molar-refractivity contribution in [3.8, 4) is 0 Å². The van der Waals surface area contributed by atoms with Crippen LogP contribution in [0.4, 0.5) is 0 Å². The van der Waals surface area contributed by atoms with Gasteiger partial charge in [0.25, 0.3) is 0 Å². The highest BCUT2D eigenvalue weighted by molar-refractivity contribution is 7.99. The molecule has 12 heavy (non-hydrogen) atoms. The van der Waals surface area contributed by atoms with E-state index < -0.39 is 0 Å². The molecule has 0 spiro atoms. The molecule has 0 atom stereocenters. The molecule has 1 aromatic heterocycles. The lowest BCUT2D eigenvalue weighted by atomic mass is 10.3. The standard InChI is InChI=1S/C7H11N3OS/c8-6(11)2-1-5-12-7-9-3-4-10-7/h3-4H,1-2,5H2,(H2,8,11)(H,9,10). The number of H-pyrrole nitrogens is 1. The lowest BCUT2D eigenvalue weighted by Gasteiger charge is -1.95. The van der Waals surface area contributed by atoms with Crippen LogP contribution in [0.3, 0.4) is 0 Å². The van der Waals surface area contributed by atoms with Crippen molar-refractivity contribution in [1.82, 2.24) is 9.97 Å². The second kappa shape index (κ2) is 4.82. The third-order valence-corrected chi connectivity index (χ3v) is 2.27. The van der Waals surface area contributed by atoms with E-state index >= 15 is 0 Å². The van der Waals surface area contributed by atoms with Gasteiger partial charge in [-0.3, -0.25) is 4.79 Å². The predicted molar refractivity (Wildman–Crippen MR) is 47.7 cm³/mol. The van der Waals surface area contributed by atoms with E-state index in [9.17, 15) is 4.79 Å². The van der Waals surface area contributed by atoms with E-state index in [0.717, 1.165) is 17.3 Å². The SMILES string of the molecule is NC(=O)CCCSc1ncc[nH]1. The van der Waals surface area contributed by atoms with Crippen molar-refractivity contribution in [1.29, 1.82) is 0 Å². The summed E-state index contributed by atoms with van der Waals surface area (Å²) in [4.78, 5) is 17.3. The number of carbonyl (C=O) groups excluding carboxylic acids is 1. The molecule has 1 amide bonds. The van der Waals surface area contributed by atoms with E-state index in [1.54, 1.807) is 24.2 Å². The molecule has 0 aliphatic carbocycles. The molecule has 1 heterocycles. The number of aromatic amines is 1. The molecule has 0 unspecified atom stereocenters. The van der Waals surface area contributed by atoms with E-state index in [1.165, 1.54) is 0 Å². The molecule has 1 aromatic rings. The number of aromatic nitrogens is 2. The van der Waals surface area contributed by atoms with Crippen molar-refractivity contribution in [2.75, 3.05) is 5.75 Å². The Morgan fingerprint density at radius 1 is 1.75 bits per heavy atom. The first-order valence-corrected chi connectivity index (χ1v) is 4.68. The lowest BCUT2D eigenvalue weighted by molar-refractivity contribution is -0.118. The minimum absolute atomic E-state index is 0.241. The highest BCUT2D eigenvalue weighted by atomic mass is 32.2. The van der Waals surface area contributed by atoms with Gasteiger partial charge >= 0.3 is 0 Å². The van der Waals surface area contributed by atoms with Crippen LogP contribution in [0.25, 0.3) is 0 Å². The number of nitrogens with zero attached hydrogens (tertiary/aromatic N) is 1. The van der Waals surface area contributed by atoms with E-state index in [0.29, 0.717) is 6.42 Å². The number of thioether (sulfide) groups is 1. The van der Waals surface area contributed by atoms with Crippen LogP contribution in [0.15, 0.2) is 17.6 Å². The van der Waals surface area contributed by atoms with Crippen LogP contribution >= 0.6 is 11.8 Å². The third-order valence-electron chi connectivity index (χ3n) is 1.28. The summed E-state index contributed by atoms with van der Waals surface area (Å²) in [5.74, 6) is 0.631. The molecule has 4 nitrogen and oxygen atoms in total. The molecule has 0 aliphatic rings. The minimum Gasteiger partial charge on any atom is -0.370 e. The molecule has 5 heteroatoms. The summed E-state index contributed by atoms with van der Waals surface area (Å²) < 4.78 is 0. The number of imidazole rings is 1. The summed E-state index contributed by atoms with van der Waals surface area (Å²) >= 11 is 1.59. The fraction of sp³-hybridized carbons (Fsp3) is 0.429. The van der Waals surface area contributed by atoms with Crippen LogP contribution in [-0.4, -0.2) is 21.6 Å². The Morgan fingerprint density at radius 2 is 2.58 bits per heavy atom. The topological polar surface area (TPSA) is 71.8 Å². The van der Waals surface area contributed by atoms with Crippen molar-refractivity contribution in [3.05, 3.63) is 12.4 Å². The highest BCUT2D eigenvalue weighted by Gasteiger charge is 1.97. The number of hydrogen-bond donors (Lipinski definition) is 2. The van der Waals surface area contributed by atoms with Crippen molar-refractivity contribution >= 4 is 17.7 Å². The molecule has 3 N–H and O–H groups in total. The maximum atomic E-state index is 10.4. The average molecular weight is 185 g/mol. The van der Waals surface area contributed by atoms with E-state index in [-0.39, 0.29) is 5.91 Å². The van der Waals surface area contributed by atoms with Gasteiger partial charge in [0, 0.05) is 24.6 Å². The smallest absolute Gasteiger partial charge is 0.217 e. The predicted octanol–water partition coefficient (Wildman–Crippen LogP) is 0.767. The van der Waals surface area contributed by atoms with Crippen LogP contribution in [0.1, 0.15) is 12.8 Å². The van der Waals surface area contributed by atoms with E-state index in [1.807, 2.05) is 0 Å². The van der Waals surface area contributed by atoms with Crippen LogP contribution < -0.4 is 5.73 Å². The van der Waals surface area contributed by atoms with Gasteiger partial charge in [0.2, 0.25) is 5.91 Å². The monoisotopic (exact) mass is 185 g/mol. The largest absolute Gasteiger partial charge is 0.370 e. The van der Waals surface area contributed by atoms with Gasteiger partial charge in [0.1, 0.15) is 0 Å². The van der Waals surface area contributed by atoms with Gasteiger partial charge in [-0.05, 0) is 6.42 Å². The zero-order chi connectivity index (χ0) is 8.81. The first-order valence-electron chi connectivity index (χ1n) is 3.69. The van der Waals surface area contributed by atoms with Gasteiger partial charge in [-0.2, -0.15) is 0 Å². The fourth-order valence-corrected chi connectivity index (χ4v) is 1.51. The summed E-state index contributed by atoms with van der Waals surface area (Å²) in [6, 6.07) is 0. The van der Waals surface area contributed by atoms with Crippen LogP contribution in [-0.2, 0) is 4.79 Å². The quantitative estimate of drug-likeness (QED) is 0.525. The lowest BCUT2D eigenvalue weighted by Crippen LogP contribution is -2.09. The zero-order valence-electron chi connectivity index (χ0n) is 6.62. The van der Waals surface area contributed by atoms with Gasteiger partial charge < -0.3 is 10.7 Å². The van der Waals surface area contributed by atoms with Crippen molar-refractivity contribution in [3.63, 3.8) is 0 Å². The summed E-state index contributed by atoms with van der Waals surface area (Å²) in [5, 5.41) is 0.888. The van der Waals surface area contributed by atoms with Crippen molar-refractivity contribution in [2.45, 2.75) is 18.0 Å². The van der Waals surface area contributed by atoms with Crippen LogP contribution in [0.2, 0.25) is 0 Å². The molecule has 66 valence electrons. The van der Waals surface area contributed by atoms with Crippen LogP contribution in [0.5, 0.6) is 0 Å². The maximum Gasteiger partial charge on any atom is 0.217 e. The number of rotatable bonds is 5. The molecular formula is C7H11N3OS. The van der Waals surface area contributed by atoms with Gasteiger partial charge in [-0.1, -0.05) is 11.8 Å². The van der Waals surface area contributed by atoms with E-state index in [2.05, 4.69) is 9.97 Å². The fourth-order valence-electron chi connectivity index (χ4n) is 0.745. The number of hydrogen-bond acceptors (Lipinski definition) is 3. The number of nitrogens with two attached hydrogens (primary N) is 1. The third kappa shape index (κ3) is 3.43. The van der Waals surface area contributed by atoms with Crippen molar-refractivity contribution < 1.29 is 4.79 Å². The second-order valence-electron chi connectivity index (χ2n) is 2.31. The maximum absolute atomic E-state index is 10.4. The van der Waals surface area contributed by atoms with Crippen LogP contribution in [0, 0.1) is 0 Å². The van der Waals surface area contributed by atoms with Gasteiger partial charge in [-0.15, -0.1) is 0 Å². The first kappa shape index (κ1) is 9.12. The molecule has 0 aromatic carbocycles. The van der Waals surface area contributed by atoms with E-state index in [4.69, 9.17) is 5.73 Å². The number of amides is 1. The Hall–Kier alpha value is -0.970. The summed E-state index contributed by atoms with van der Waals surface area (Å²) in [6.45, 7) is 0. The second-order valence-corrected chi connectivity index (χ2v) is 3.40. The molecule has 0 saturated carbocycles. The minimum atomic E-state index is -0.241. The normalized spacial score (nSPS) is 10.0. The molecule has 0 radical (unpaired) electrons.